The van der Waals surface area contributed by atoms with Gasteiger partial charge in [0.05, 0.1) is 25.0 Å². The monoisotopic (exact) mass is 536 g/mol. The van der Waals surface area contributed by atoms with Crippen molar-refractivity contribution in [3.05, 3.63) is 0 Å². The van der Waals surface area contributed by atoms with Crippen molar-refractivity contribution in [2.45, 2.75) is 158 Å². The Morgan fingerprint density at radius 2 is 0.974 bits per heavy atom. The minimum absolute atomic E-state index is 0.0649. The molecular weight excluding hydrogens is 472 g/mol. The molecule has 0 spiro atoms. The summed E-state index contributed by atoms with van der Waals surface area (Å²) in [5.41, 5.74) is 0.397. The fraction of sp³-hybridized carbons (Fsp3) is 0.941. The van der Waals surface area contributed by atoms with Gasteiger partial charge in [-0.3, -0.25) is 9.59 Å². The van der Waals surface area contributed by atoms with Gasteiger partial charge in [0.25, 0.3) is 0 Å². The summed E-state index contributed by atoms with van der Waals surface area (Å²) in [6, 6.07) is 0. The van der Waals surface area contributed by atoms with Crippen molar-refractivity contribution < 1.29 is 19.1 Å². The average Bonchev–Trinajstić information content (AvgIpc) is 2.88. The first-order valence-corrected chi connectivity index (χ1v) is 16.2. The van der Waals surface area contributed by atoms with Gasteiger partial charge in [-0.2, -0.15) is 0 Å². The maximum absolute atomic E-state index is 12.7. The molecule has 4 heteroatoms. The summed E-state index contributed by atoms with van der Waals surface area (Å²) in [6.45, 7) is 19.4. The molecule has 0 amide bonds. The molecule has 1 aliphatic carbocycles. The van der Waals surface area contributed by atoms with E-state index in [4.69, 9.17) is 9.47 Å². The van der Waals surface area contributed by atoms with Crippen LogP contribution in [-0.4, -0.2) is 25.2 Å². The van der Waals surface area contributed by atoms with E-state index in [0.29, 0.717) is 13.2 Å². The molecule has 1 rings (SSSR count). The molecule has 0 aromatic heterocycles. The van der Waals surface area contributed by atoms with Gasteiger partial charge in [-0.05, 0) is 74.0 Å². The smallest absolute Gasteiger partial charge is 0.308 e. The minimum atomic E-state index is -0.0705. The van der Waals surface area contributed by atoms with Crippen molar-refractivity contribution in [1.29, 1.82) is 0 Å². The summed E-state index contributed by atoms with van der Waals surface area (Å²) in [4.78, 5) is 25.3. The molecule has 2 atom stereocenters. The fourth-order valence-electron chi connectivity index (χ4n) is 5.57. The third-order valence-corrected chi connectivity index (χ3v) is 9.17. The molecule has 224 valence electrons. The molecule has 0 bridgehead atoms. The lowest BCUT2D eigenvalue weighted by Gasteiger charge is -2.29. The van der Waals surface area contributed by atoms with Crippen LogP contribution >= 0.6 is 0 Å². The van der Waals surface area contributed by atoms with Gasteiger partial charge in [-0.25, -0.2) is 0 Å². The maximum atomic E-state index is 12.7. The van der Waals surface area contributed by atoms with E-state index in [1.54, 1.807) is 0 Å². The zero-order valence-electron chi connectivity index (χ0n) is 26.7. The Kier molecular flexibility index (Phi) is 16.9. The third kappa shape index (κ3) is 15.5. The molecule has 0 heterocycles. The Bertz CT molecular complexity index is 589. The molecule has 0 aliphatic heterocycles. The summed E-state index contributed by atoms with van der Waals surface area (Å²) < 4.78 is 11.4. The van der Waals surface area contributed by atoms with Gasteiger partial charge in [0.2, 0.25) is 0 Å². The SMILES string of the molecule is CCCCC(C)CCC(C)(C)CCOC(=O)C1CCC(C(=O)OCCC(C)(C)CCC(C)CCCC)CC1. The van der Waals surface area contributed by atoms with Gasteiger partial charge in [0.15, 0.2) is 0 Å². The number of ether oxygens (including phenoxy) is 2. The van der Waals surface area contributed by atoms with Crippen LogP contribution in [0.25, 0.3) is 0 Å². The topological polar surface area (TPSA) is 52.6 Å². The van der Waals surface area contributed by atoms with Crippen molar-refractivity contribution in [3.63, 3.8) is 0 Å². The molecule has 1 fully saturated rings. The molecule has 0 N–H and O–H groups in total. The van der Waals surface area contributed by atoms with E-state index in [1.165, 1.54) is 64.2 Å². The summed E-state index contributed by atoms with van der Waals surface area (Å²) in [5.74, 6) is 1.27. The van der Waals surface area contributed by atoms with Gasteiger partial charge in [-0.15, -0.1) is 0 Å². The third-order valence-electron chi connectivity index (χ3n) is 9.17. The standard InChI is InChI=1S/C34H64O4/c1-9-11-13-27(3)19-21-33(5,6)23-25-37-31(35)29-15-17-30(18-16-29)32(36)38-26-24-34(7,8)22-20-28(4)14-12-10-2/h27-30H,9-26H2,1-8H3. The van der Waals surface area contributed by atoms with E-state index in [9.17, 15) is 9.59 Å². The van der Waals surface area contributed by atoms with Gasteiger partial charge in [0.1, 0.15) is 0 Å². The predicted molar refractivity (Wildman–Crippen MR) is 160 cm³/mol. The zero-order valence-corrected chi connectivity index (χ0v) is 26.7. The van der Waals surface area contributed by atoms with Crippen LogP contribution < -0.4 is 0 Å². The molecule has 0 aromatic carbocycles. The normalized spacial score (nSPS) is 20.1. The van der Waals surface area contributed by atoms with Crippen molar-refractivity contribution in [3.8, 4) is 0 Å². The highest BCUT2D eigenvalue weighted by atomic mass is 16.5. The van der Waals surface area contributed by atoms with Gasteiger partial charge in [-0.1, -0.05) is 107 Å². The second kappa shape index (κ2) is 18.3. The molecule has 1 aliphatic rings. The highest BCUT2D eigenvalue weighted by molar-refractivity contribution is 5.75. The first kappa shape index (κ1) is 35.0. The number of unbranched alkanes of at least 4 members (excludes halogenated alkanes) is 2. The second-order valence-electron chi connectivity index (χ2n) is 14.3. The minimum Gasteiger partial charge on any atom is -0.465 e. The van der Waals surface area contributed by atoms with Crippen LogP contribution in [0.4, 0.5) is 0 Å². The second-order valence-corrected chi connectivity index (χ2v) is 14.3. The zero-order chi connectivity index (χ0) is 28.6. The van der Waals surface area contributed by atoms with E-state index in [1.807, 2.05) is 0 Å². The predicted octanol–water partition coefficient (Wildman–Crippen LogP) is 9.92. The summed E-state index contributed by atoms with van der Waals surface area (Å²) in [5, 5.41) is 0. The Morgan fingerprint density at radius 1 is 0.632 bits per heavy atom. The van der Waals surface area contributed by atoms with E-state index >= 15 is 0 Å². The highest BCUT2D eigenvalue weighted by Gasteiger charge is 2.32. The lowest BCUT2D eigenvalue weighted by atomic mass is 9.81. The molecule has 0 saturated heterocycles. The first-order chi connectivity index (χ1) is 17.9. The largest absolute Gasteiger partial charge is 0.465 e. The Labute approximate surface area is 236 Å². The first-order valence-electron chi connectivity index (χ1n) is 16.2. The quantitative estimate of drug-likeness (QED) is 0.145. The maximum Gasteiger partial charge on any atom is 0.308 e. The van der Waals surface area contributed by atoms with E-state index in [-0.39, 0.29) is 34.6 Å². The molecule has 0 radical (unpaired) electrons. The van der Waals surface area contributed by atoms with Crippen molar-refractivity contribution in [2.75, 3.05) is 13.2 Å². The van der Waals surface area contributed by atoms with E-state index in [0.717, 1.165) is 50.4 Å². The Morgan fingerprint density at radius 3 is 1.29 bits per heavy atom. The van der Waals surface area contributed by atoms with Gasteiger partial charge >= 0.3 is 11.9 Å². The van der Waals surface area contributed by atoms with Gasteiger partial charge in [0, 0.05) is 0 Å². The number of esters is 2. The van der Waals surface area contributed by atoms with Crippen molar-refractivity contribution in [1.82, 2.24) is 0 Å². The van der Waals surface area contributed by atoms with Crippen molar-refractivity contribution in [2.24, 2.45) is 34.5 Å². The lowest BCUT2D eigenvalue weighted by molar-refractivity contribution is -0.156. The summed E-state index contributed by atoms with van der Waals surface area (Å²) in [6.07, 6.45) is 17.4. The molecular formula is C34H64O4. The Balaban J connectivity index is 2.24. The lowest BCUT2D eigenvalue weighted by Crippen LogP contribution is -2.29. The van der Waals surface area contributed by atoms with Crippen LogP contribution in [-0.2, 0) is 19.1 Å². The van der Waals surface area contributed by atoms with Crippen LogP contribution in [0.15, 0.2) is 0 Å². The number of hydrogen-bond acceptors (Lipinski definition) is 4. The van der Waals surface area contributed by atoms with Gasteiger partial charge < -0.3 is 9.47 Å². The Hall–Kier alpha value is -1.06. The molecule has 2 unspecified atom stereocenters. The van der Waals surface area contributed by atoms with E-state index in [2.05, 4.69) is 55.4 Å². The number of carbonyl (C=O) groups excluding carboxylic acids is 2. The molecule has 0 aromatic rings. The number of rotatable bonds is 20. The molecule has 38 heavy (non-hydrogen) atoms. The van der Waals surface area contributed by atoms with E-state index < -0.39 is 0 Å². The van der Waals surface area contributed by atoms with Crippen molar-refractivity contribution >= 4 is 11.9 Å². The van der Waals surface area contributed by atoms with Crippen LogP contribution in [0.2, 0.25) is 0 Å². The average molecular weight is 537 g/mol. The summed E-state index contributed by atoms with van der Waals surface area (Å²) >= 11 is 0. The van der Waals surface area contributed by atoms with Crippen LogP contribution in [0.1, 0.15) is 158 Å². The fourth-order valence-corrected chi connectivity index (χ4v) is 5.57. The van der Waals surface area contributed by atoms with Crippen LogP contribution in [0, 0.1) is 34.5 Å². The molecule has 4 nitrogen and oxygen atoms in total. The number of carbonyl (C=O) groups is 2. The highest BCUT2D eigenvalue weighted by Crippen LogP contribution is 2.33. The molecule has 1 saturated carbocycles. The number of hydrogen-bond donors (Lipinski definition) is 0. The van der Waals surface area contributed by atoms with Crippen LogP contribution in [0.3, 0.4) is 0 Å². The van der Waals surface area contributed by atoms with Crippen LogP contribution in [0.5, 0.6) is 0 Å². The summed E-state index contributed by atoms with van der Waals surface area (Å²) in [7, 11) is 0.